The predicted octanol–water partition coefficient (Wildman–Crippen LogP) is 1.96. The van der Waals surface area contributed by atoms with Crippen molar-refractivity contribution < 1.29 is 9.16 Å². The van der Waals surface area contributed by atoms with E-state index in [0.717, 1.165) is 5.57 Å². The first-order valence-electron chi connectivity index (χ1n) is 3.36. The van der Waals surface area contributed by atoms with Crippen LogP contribution in [0.4, 0.5) is 0 Å². The SMILES string of the molecule is CCOC(O[Si]C)=C(C)C. The van der Waals surface area contributed by atoms with E-state index in [1.165, 1.54) is 0 Å². The molecule has 3 heteroatoms. The van der Waals surface area contributed by atoms with Crippen LogP contribution in [0.1, 0.15) is 20.8 Å². The lowest BCUT2D eigenvalue weighted by atomic mass is 10.4. The fourth-order valence-corrected chi connectivity index (χ4v) is 0.948. The normalized spacial score (nSPS) is 8.80. The van der Waals surface area contributed by atoms with Crippen LogP contribution in [-0.2, 0) is 9.16 Å². The molecule has 0 aliphatic carbocycles. The standard InChI is InChI=1S/C7H14O2Si/c1-5-8-7(6(2)3)9-10-4/h5H2,1-4H3. The van der Waals surface area contributed by atoms with Gasteiger partial charge in [-0.25, -0.2) is 0 Å². The maximum atomic E-state index is 5.23. The zero-order valence-corrected chi connectivity index (χ0v) is 8.02. The summed E-state index contributed by atoms with van der Waals surface area (Å²) in [4.78, 5) is 0. The van der Waals surface area contributed by atoms with Gasteiger partial charge in [0.25, 0.3) is 5.95 Å². The van der Waals surface area contributed by atoms with Gasteiger partial charge in [0.05, 0.1) is 6.61 Å². The molecule has 0 aliphatic rings. The minimum atomic E-state index is 0.458. The highest BCUT2D eigenvalue weighted by Crippen LogP contribution is 2.05. The van der Waals surface area contributed by atoms with Gasteiger partial charge in [-0.1, -0.05) is 0 Å². The van der Waals surface area contributed by atoms with Crippen molar-refractivity contribution in [1.82, 2.24) is 0 Å². The van der Waals surface area contributed by atoms with Crippen LogP contribution >= 0.6 is 0 Å². The summed E-state index contributed by atoms with van der Waals surface area (Å²) in [7, 11) is 0.458. The maximum Gasteiger partial charge on any atom is 0.311 e. The van der Waals surface area contributed by atoms with E-state index >= 15 is 0 Å². The molecule has 0 heterocycles. The van der Waals surface area contributed by atoms with Gasteiger partial charge in [0.15, 0.2) is 0 Å². The molecule has 0 bridgehead atoms. The van der Waals surface area contributed by atoms with Gasteiger partial charge in [0, 0.05) is 5.57 Å². The third-order valence-corrected chi connectivity index (χ3v) is 1.27. The second kappa shape index (κ2) is 5.35. The van der Waals surface area contributed by atoms with Gasteiger partial charge >= 0.3 is 9.76 Å². The fourth-order valence-electron chi connectivity index (χ4n) is 0.500. The van der Waals surface area contributed by atoms with Crippen LogP contribution < -0.4 is 0 Å². The monoisotopic (exact) mass is 158 g/mol. The van der Waals surface area contributed by atoms with Crippen LogP contribution in [0.5, 0.6) is 0 Å². The van der Waals surface area contributed by atoms with Gasteiger partial charge in [-0.05, 0) is 27.3 Å². The fraction of sp³-hybridized carbons (Fsp3) is 0.714. The molecule has 2 radical (unpaired) electrons. The molecule has 0 atom stereocenters. The average Bonchev–Trinajstić information content (AvgIpc) is 1.87. The van der Waals surface area contributed by atoms with E-state index in [2.05, 4.69) is 0 Å². The highest BCUT2D eigenvalue weighted by atomic mass is 28.2. The van der Waals surface area contributed by atoms with Crippen molar-refractivity contribution in [3.05, 3.63) is 11.5 Å². The van der Waals surface area contributed by atoms with Crippen LogP contribution in [0.2, 0.25) is 6.55 Å². The molecule has 0 saturated heterocycles. The molecule has 0 fully saturated rings. The van der Waals surface area contributed by atoms with E-state index in [9.17, 15) is 0 Å². The Morgan fingerprint density at radius 2 is 2.00 bits per heavy atom. The van der Waals surface area contributed by atoms with Gasteiger partial charge in [-0.15, -0.1) is 0 Å². The van der Waals surface area contributed by atoms with E-state index in [1.54, 1.807) is 0 Å². The van der Waals surface area contributed by atoms with Crippen LogP contribution in [0.15, 0.2) is 11.5 Å². The van der Waals surface area contributed by atoms with Crippen molar-refractivity contribution in [2.24, 2.45) is 0 Å². The highest BCUT2D eigenvalue weighted by molar-refractivity contribution is 6.25. The van der Waals surface area contributed by atoms with Crippen LogP contribution in [0, 0.1) is 0 Å². The summed E-state index contributed by atoms with van der Waals surface area (Å²) in [5.41, 5.74) is 1.09. The van der Waals surface area contributed by atoms with Gasteiger partial charge < -0.3 is 9.16 Å². The molecule has 0 rings (SSSR count). The third kappa shape index (κ3) is 3.56. The smallest absolute Gasteiger partial charge is 0.311 e. The van der Waals surface area contributed by atoms with Gasteiger partial charge in [-0.2, -0.15) is 0 Å². The molecule has 0 aromatic carbocycles. The summed E-state index contributed by atoms with van der Waals surface area (Å²) in [6, 6.07) is 0. The second-order valence-corrected chi connectivity index (χ2v) is 2.64. The summed E-state index contributed by atoms with van der Waals surface area (Å²) in [6.45, 7) is 8.55. The van der Waals surface area contributed by atoms with E-state index in [1.807, 2.05) is 27.3 Å². The molecule has 0 amide bonds. The predicted molar refractivity (Wildman–Crippen MR) is 42.7 cm³/mol. The van der Waals surface area contributed by atoms with Crippen molar-refractivity contribution in [3.63, 3.8) is 0 Å². The Kier molecular flexibility index (Phi) is 5.11. The van der Waals surface area contributed by atoms with Gasteiger partial charge in [-0.3, -0.25) is 0 Å². The quantitative estimate of drug-likeness (QED) is 0.460. The zero-order valence-electron chi connectivity index (χ0n) is 7.02. The lowest BCUT2D eigenvalue weighted by molar-refractivity contribution is 0.115. The first kappa shape index (κ1) is 9.56. The number of allylic oxidation sites excluding steroid dienone is 1. The summed E-state index contributed by atoms with van der Waals surface area (Å²) < 4.78 is 10.4. The van der Waals surface area contributed by atoms with Crippen molar-refractivity contribution in [2.75, 3.05) is 6.61 Å². The highest BCUT2D eigenvalue weighted by Gasteiger charge is 1.98. The summed E-state index contributed by atoms with van der Waals surface area (Å²) >= 11 is 0. The number of rotatable bonds is 4. The third-order valence-electron chi connectivity index (χ3n) is 0.878. The lowest BCUT2D eigenvalue weighted by Crippen LogP contribution is -2.01. The first-order valence-corrected chi connectivity index (χ1v) is 4.77. The molecule has 0 spiro atoms. The average molecular weight is 158 g/mol. The van der Waals surface area contributed by atoms with Crippen molar-refractivity contribution in [1.29, 1.82) is 0 Å². The topological polar surface area (TPSA) is 18.5 Å². The molecule has 58 valence electrons. The Morgan fingerprint density at radius 3 is 2.30 bits per heavy atom. The molecular weight excluding hydrogens is 144 g/mol. The molecule has 0 aromatic rings. The molecule has 0 N–H and O–H groups in total. The zero-order chi connectivity index (χ0) is 7.98. The van der Waals surface area contributed by atoms with Gasteiger partial charge in [0.1, 0.15) is 0 Å². The number of hydrogen-bond acceptors (Lipinski definition) is 2. The Balaban J connectivity index is 3.86. The second-order valence-electron chi connectivity index (χ2n) is 2.03. The minimum absolute atomic E-state index is 0.458. The number of ether oxygens (including phenoxy) is 1. The Labute approximate surface area is 65.2 Å². The van der Waals surface area contributed by atoms with E-state index in [0.29, 0.717) is 22.3 Å². The minimum Gasteiger partial charge on any atom is -0.517 e. The first-order chi connectivity index (χ1) is 4.72. The molecule has 10 heavy (non-hydrogen) atoms. The maximum absolute atomic E-state index is 5.23. The van der Waals surface area contributed by atoms with E-state index < -0.39 is 0 Å². The molecule has 0 unspecified atom stereocenters. The van der Waals surface area contributed by atoms with E-state index in [-0.39, 0.29) is 0 Å². The molecule has 2 nitrogen and oxygen atoms in total. The molecule has 0 aromatic heterocycles. The van der Waals surface area contributed by atoms with Crippen LogP contribution in [-0.4, -0.2) is 16.4 Å². The summed E-state index contributed by atoms with van der Waals surface area (Å²) in [5.74, 6) is 0.684. The summed E-state index contributed by atoms with van der Waals surface area (Å²) in [6.07, 6.45) is 0. The molecule has 0 aliphatic heterocycles. The lowest BCUT2D eigenvalue weighted by Gasteiger charge is -2.09. The molecular formula is C7H14O2Si. The van der Waals surface area contributed by atoms with Crippen LogP contribution in [0.3, 0.4) is 0 Å². The Morgan fingerprint density at radius 1 is 1.40 bits per heavy atom. The largest absolute Gasteiger partial charge is 0.517 e. The van der Waals surface area contributed by atoms with Crippen molar-refractivity contribution in [2.45, 2.75) is 27.3 Å². The Hall–Kier alpha value is -0.443. The Bertz CT molecular complexity index is 109. The van der Waals surface area contributed by atoms with Gasteiger partial charge in [0.2, 0.25) is 0 Å². The molecule has 0 saturated carbocycles. The van der Waals surface area contributed by atoms with Crippen molar-refractivity contribution in [3.8, 4) is 0 Å². The summed E-state index contributed by atoms with van der Waals surface area (Å²) in [5, 5.41) is 0. The van der Waals surface area contributed by atoms with Crippen molar-refractivity contribution >= 4 is 9.76 Å². The van der Waals surface area contributed by atoms with E-state index in [4.69, 9.17) is 9.16 Å². The number of hydrogen-bond donors (Lipinski definition) is 0. The van der Waals surface area contributed by atoms with Crippen LogP contribution in [0.25, 0.3) is 0 Å².